The van der Waals surface area contributed by atoms with Crippen LogP contribution in [0.5, 0.6) is 0 Å². The van der Waals surface area contributed by atoms with Gasteiger partial charge in [0.1, 0.15) is 11.2 Å². The SMILES string of the molecule is COCCCN(Cc1ccccn1)c1cc(NCCCO)c([N+](=O)[O-])c2n[nH]nc12. The van der Waals surface area contributed by atoms with E-state index in [2.05, 4.69) is 30.6 Å². The lowest BCUT2D eigenvalue weighted by molar-refractivity contribution is -0.382. The van der Waals surface area contributed by atoms with E-state index in [-0.39, 0.29) is 17.8 Å². The third kappa shape index (κ3) is 4.99. The van der Waals surface area contributed by atoms with Crippen molar-refractivity contribution >= 4 is 28.1 Å². The quantitative estimate of drug-likeness (QED) is 0.230. The van der Waals surface area contributed by atoms with Gasteiger partial charge in [0, 0.05) is 39.6 Å². The summed E-state index contributed by atoms with van der Waals surface area (Å²) < 4.78 is 5.19. The molecular formula is C19H25N7O4. The van der Waals surface area contributed by atoms with Crippen molar-refractivity contribution in [1.82, 2.24) is 20.4 Å². The van der Waals surface area contributed by atoms with Crippen LogP contribution < -0.4 is 10.2 Å². The average Bonchev–Trinajstić information content (AvgIpc) is 3.22. The van der Waals surface area contributed by atoms with Gasteiger partial charge in [0.05, 0.1) is 22.8 Å². The van der Waals surface area contributed by atoms with Crippen LogP contribution in [0.25, 0.3) is 11.0 Å². The molecule has 0 saturated heterocycles. The smallest absolute Gasteiger partial charge is 0.322 e. The van der Waals surface area contributed by atoms with Crippen molar-refractivity contribution in [1.29, 1.82) is 0 Å². The minimum absolute atomic E-state index is 0.0112. The Morgan fingerprint density at radius 2 is 2.13 bits per heavy atom. The van der Waals surface area contributed by atoms with Gasteiger partial charge < -0.3 is 20.1 Å². The van der Waals surface area contributed by atoms with E-state index in [9.17, 15) is 10.1 Å². The second kappa shape index (κ2) is 10.5. The molecule has 0 aliphatic carbocycles. The zero-order valence-electron chi connectivity index (χ0n) is 16.7. The van der Waals surface area contributed by atoms with E-state index < -0.39 is 4.92 Å². The zero-order valence-corrected chi connectivity index (χ0v) is 16.7. The molecule has 0 saturated carbocycles. The molecule has 0 unspecified atom stereocenters. The highest BCUT2D eigenvalue weighted by atomic mass is 16.6. The van der Waals surface area contributed by atoms with Crippen molar-refractivity contribution in [3.8, 4) is 0 Å². The largest absolute Gasteiger partial charge is 0.396 e. The number of nitrogens with zero attached hydrogens (tertiary/aromatic N) is 5. The van der Waals surface area contributed by atoms with E-state index in [1.54, 1.807) is 19.4 Å². The lowest BCUT2D eigenvalue weighted by Gasteiger charge is -2.25. The Bertz CT molecular complexity index is 964. The molecule has 0 amide bonds. The minimum atomic E-state index is -0.468. The van der Waals surface area contributed by atoms with Gasteiger partial charge in [-0.2, -0.15) is 10.3 Å². The number of fused-ring (bicyclic) bond motifs is 1. The molecule has 0 fully saturated rings. The van der Waals surface area contributed by atoms with Gasteiger partial charge in [-0.1, -0.05) is 6.07 Å². The van der Waals surface area contributed by atoms with Gasteiger partial charge >= 0.3 is 5.69 Å². The van der Waals surface area contributed by atoms with E-state index in [1.807, 2.05) is 18.2 Å². The number of aliphatic hydroxyl groups is 1. The summed E-state index contributed by atoms with van der Waals surface area (Å²) in [7, 11) is 1.65. The number of nitrogens with one attached hydrogen (secondary N) is 2. The van der Waals surface area contributed by atoms with E-state index in [1.165, 1.54) is 0 Å². The first-order valence-corrected chi connectivity index (χ1v) is 9.66. The topological polar surface area (TPSA) is 142 Å². The van der Waals surface area contributed by atoms with Gasteiger partial charge in [-0.05, 0) is 31.0 Å². The van der Waals surface area contributed by atoms with Crippen molar-refractivity contribution in [3.63, 3.8) is 0 Å². The number of aromatic nitrogens is 4. The maximum atomic E-state index is 11.7. The molecular weight excluding hydrogens is 390 g/mol. The van der Waals surface area contributed by atoms with E-state index in [4.69, 9.17) is 9.84 Å². The van der Waals surface area contributed by atoms with Crippen LogP contribution in [0.1, 0.15) is 18.5 Å². The summed E-state index contributed by atoms with van der Waals surface area (Å²) in [5.74, 6) is 0. The summed E-state index contributed by atoms with van der Waals surface area (Å²) in [6.07, 6.45) is 2.95. The maximum Gasteiger partial charge on any atom is 0.322 e. The Balaban J connectivity index is 2.05. The van der Waals surface area contributed by atoms with Crippen molar-refractivity contribution in [2.24, 2.45) is 0 Å². The van der Waals surface area contributed by atoms with Crippen LogP contribution in [0.3, 0.4) is 0 Å². The highest BCUT2D eigenvalue weighted by Crippen LogP contribution is 2.38. The summed E-state index contributed by atoms with van der Waals surface area (Å²) in [5.41, 5.74) is 2.36. The first-order chi connectivity index (χ1) is 14.7. The van der Waals surface area contributed by atoms with Crippen LogP contribution in [-0.2, 0) is 11.3 Å². The number of hydrogen-bond donors (Lipinski definition) is 3. The Morgan fingerprint density at radius 1 is 1.30 bits per heavy atom. The van der Waals surface area contributed by atoms with Crippen LogP contribution in [0.15, 0.2) is 30.5 Å². The summed E-state index contributed by atoms with van der Waals surface area (Å²) >= 11 is 0. The standard InChI is InChI=1S/C19H25N7O4/c1-30-11-5-9-25(13-14-6-2-3-7-20-14)16-12-15(21-8-4-10-27)19(26(28)29)18-17(16)22-24-23-18/h2-3,6-7,12,21,27H,4-5,8-11,13H2,1H3,(H,22,23,24). The molecule has 0 radical (unpaired) electrons. The van der Waals surface area contributed by atoms with E-state index >= 15 is 0 Å². The molecule has 30 heavy (non-hydrogen) atoms. The highest BCUT2D eigenvalue weighted by Gasteiger charge is 2.26. The average molecular weight is 415 g/mol. The predicted octanol–water partition coefficient (Wildman–Crippen LogP) is 2.10. The number of methoxy groups -OCH3 is 1. The predicted molar refractivity (Wildman–Crippen MR) is 113 cm³/mol. The number of ether oxygens (including phenoxy) is 1. The molecule has 0 atom stereocenters. The monoisotopic (exact) mass is 415 g/mol. The van der Waals surface area contributed by atoms with E-state index in [0.29, 0.717) is 49.6 Å². The van der Waals surface area contributed by atoms with Crippen molar-refractivity contribution in [3.05, 3.63) is 46.3 Å². The molecule has 3 rings (SSSR count). The molecule has 0 bridgehead atoms. The first kappa shape index (κ1) is 21.4. The second-order valence-corrected chi connectivity index (χ2v) is 6.66. The number of pyridine rings is 1. The molecule has 0 spiro atoms. The zero-order chi connectivity index (χ0) is 21.3. The van der Waals surface area contributed by atoms with Crippen LogP contribution in [0.4, 0.5) is 17.1 Å². The number of nitro benzene ring substituents is 1. The van der Waals surface area contributed by atoms with E-state index in [0.717, 1.165) is 12.1 Å². The maximum absolute atomic E-state index is 11.7. The number of aromatic amines is 1. The summed E-state index contributed by atoms with van der Waals surface area (Å²) in [4.78, 5) is 17.7. The Hall–Kier alpha value is -3.31. The van der Waals surface area contributed by atoms with Crippen LogP contribution >= 0.6 is 0 Å². The fourth-order valence-corrected chi connectivity index (χ4v) is 3.21. The van der Waals surface area contributed by atoms with Crippen molar-refractivity contribution in [2.75, 3.05) is 43.6 Å². The van der Waals surface area contributed by atoms with Gasteiger partial charge in [-0.3, -0.25) is 15.1 Å². The van der Waals surface area contributed by atoms with Crippen LogP contribution in [0.2, 0.25) is 0 Å². The van der Waals surface area contributed by atoms with Gasteiger partial charge in [0.25, 0.3) is 0 Å². The molecule has 0 aliphatic rings. The third-order valence-electron chi connectivity index (χ3n) is 4.58. The minimum Gasteiger partial charge on any atom is -0.396 e. The number of H-pyrrole nitrogens is 1. The number of hydrogen-bond acceptors (Lipinski definition) is 9. The summed E-state index contributed by atoms with van der Waals surface area (Å²) in [6, 6.07) is 7.41. The number of rotatable bonds is 12. The normalized spacial score (nSPS) is 11.0. The molecule has 160 valence electrons. The Morgan fingerprint density at radius 3 is 2.83 bits per heavy atom. The Kier molecular flexibility index (Phi) is 7.46. The molecule has 1 aromatic carbocycles. The molecule has 11 heteroatoms. The number of nitro groups is 1. The van der Waals surface area contributed by atoms with Crippen LogP contribution in [-0.4, -0.2) is 63.8 Å². The van der Waals surface area contributed by atoms with Crippen molar-refractivity contribution < 1.29 is 14.8 Å². The molecule has 3 N–H and O–H groups in total. The highest BCUT2D eigenvalue weighted by molar-refractivity contribution is 6.00. The third-order valence-corrected chi connectivity index (χ3v) is 4.58. The van der Waals surface area contributed by atoms with Gasteiger partial charge in [0.15, 0.2) is 5.52 Å². The molecule has 0 aliphatic heterocycles. The molecule has 2 heterocycles. The number of anilines is 2. The lowest BCUT2D eigenvalue weighted by atomic mass is 10.1. The number of benzene rings is 1. The fraction of sp³-hybridized carbons (Fsp3) is 0.421. The van der Waals surface area contributed by atoms with Crippen LogP contribution in [0, 0.1) is 10.1 Å². The van der Waals surface area contributed by atoms with Crippen molar-refractivity contribution in [2.45, 2.75) is 19.4 Å². The molecule has 3 aromatic rings. The second-order valence-electron chi connectivity index (χ2n) is 6.66. The lowest BCUT2D eigenvalue weighted by Crippen LogP contribution is -2.26. The summed E-state index contributed by atoms with van der Waals surface area (Å²) in [5, 5.41) is 34.6. The van der Waals surface area contributed by atoms with Gasteiger partial charge in [-0.25, -0.2) is 0 Å². The summed E-state index contributed by atoms with van der Waals surface area (Å²) in [6.45, 7) is 2.10. The van der Waals surface area contributed by atoms with Gasteiger partial charge in [0.2, 0.25) is 0 Å². The molecule has 2 aromatic heterocycles. The molecule has 11 nitrogen and oxygen atoms in total. The first-order valence-electron chi connectivity index (χ1n) is 9.66. The van der Waals surface area contributed by atoms with Gasteiger partial charge in [-0.15, -0.1) is 5.10 Å². The fourth-order valence-electron chi connectivity index (χ4n) is 3.21. The number of aliphatic hydroxyl groups excluding tert-OH is 1. The Labute approximate surface area is 173 Å².